The number of anilines is 2. The number of hydrogen-bond donors (Lipinski definition) is 2. The molecule has 1 aromatic carbocycles. The Kier molecular flexibility index (Phi) is 4.82. The average molecular weight is 236 g/mol. The molecule has 0 aliphatic rings. The number of carboxylic acid groups (broad SMARTS) is 1. The SMILES string of the molecule is CCCN(CCC)c1ccc(N)cc1C(=O)O. The molecule has 0 bridgehead atoms. The van der Waals surface area contributed by atoms with Gasteiger partial charge in [-0.3, -0.25) is 0 Å². The summed E-state index contributed by atoms with van der Waals surface area (Å²) in [6, 6.07) is 5.07. The zero-order valence-electron chi connectivity index (χ0n) is 10.4. The lowest BCUT2D eigenvalue weighted by atomic mass is 10.1. The van der Waals surface area contributed by atoms with Crippen LogP contribution in [0.15, 0.2) is 18.2 Å². The molecule has 1 aromatic rings. The Hall–Kier alpha value is -1.71. The van der Waals surface area contributed by atoms with E-state index in [9.17, 15) is 9.90 Å². The number of nitrogen functional groups attached to an aromatic ring is 1. The Morgan fingerprint density at radius 2 is 1.88 bits per heavy atom. The van der Waals surface area contributed by atoms with E-state index in [2.05, 4.69) is 18.7 Å². The van der Waals surface area contributed by atoms with Gasteiger partial charge in [-0.1, -0.05) is 13.8 Å². The molecule has 0 amide bonds. The van der Waals surface area contributed by atoms with Crippen LogP contribution in [0, 0.1) is 0 Å². The lowest BCUT2D eigenvalue weighted by molar-refractivity contribution is 0.0697. The first-order chi connectivity index (χ1) is 8.10. The predicted octanol–water partition coefficient (Wildman–Crippen LogP) is 2.59. The molecule has 94 valence electrons. The molecule has 0 aliphatic carbocycles. The molecule has 17 heavy (non-hydrogen) atoms. The fourth-order valence-corrected chi connectivity index (χ4v) is 1.89. The topological polar surface area (TPSA) is 66.6 Å². The Balaban J connectivity index is 3.12. The molecule has 0 saturated carbocycles. The van der Waals surface area contributed by atoms with E-state index in [1.807, 2.05) is 0 Å². The summed E-state index contributed by atoms with van der Waals surface area (Å²) in [5, 5.41) is 9.19. The summed E-state index contributed by atoms with van der Waals surface area (Å²) >= 11 is 0. The van der Waals surface area contributed by atoms with Crippen LogP contribution in [0.3, 0.4) is 0 Å². The minimum atomic E-state index is -0.926. The van der Waals surface area contributed by atoms with Crippen molar-refractivity contribution in [2.45, 2.75) is 26.7 Å². The molecule has 0 fully saturated rings. The molecule has 1 rings (SSSR count). The third-order valence-corrected chi connectivity index (χ3v) is 2.58. The monoisotopic (exact) mass is 236 g/mol. The zero-order chi connectivity index (χ0) is 12.8. The predicted molar refractivity (Wildman–Crippen MR) is 70.6 cm³/mol. The van der Waals surface area contributed by atoms with E-state index in [1.165, 1.54) is 6.07 Å². The number of carbonyl (C=O) groups is 1. The van der Waals surface area contributed by atoms with Crippen molar-refractivity contribution in [3.8, 4) is 0 Å². The summed E-state index contributed by atoms with van der Waals surface area (Å²) in [6.07, 6.45) is 1.98. The van der Waals surface area contributed by atoms with Crippen LogP contribution in [-0.2, 0) is 0 Å². The Labute approximate surface area is 102 Å². The van der Waals surface area contributed by atoms with Gasteiger partial charge in [-0.2, -0.15) is 0 Å². The van der Waals surface area contributed by atoms with Crippen LogP contribution >= 0.6 is 0 Å². The van der Waals surface area contributed by atoms with Gasteiger partial charge in [0.25, 0.3) is 0 Å². The molecule has 0 saturated heterocycles. The largest absolute Gasteiger partial charge is 0.478 e. The van der Waals surface area contributed by atoms with Crippen molar-refractivity contribution in [1.29, 1.82) is 0 Å². The molecule has 0 aromatic heterocycles. The van der Waals surface area contributed by atoms with E-state index < -0.39 is 5.97 Å². The molecule has 0 unspecified atom stereocenters. The van der Waals surface area contributed by atoms with Crippen molar-refractivity contribution >= 4 is 17.3 Å². The second-order valence-corrected chi connectivity index (χ2v) is 4.07. The lowest BCUT2D eigenvalue weighted by Crippen LogP contribution is -2.26. The number of benzene rings is 1. The van der Waals surface area contributed by atoms with Crippen LogP contribution in [0.25, 0.3) is 0 Å². The van der Waals surface area contributed by atoms with Crippen molar-refractivity contribution in [1.82, 2.24) is 0 Å². The first-order valence-electron chi connectivity index (χ1n) is 5.97. The third-order valence-electron chi connectivity index (χ3n) is 2.58. The summed E-state index contributed by atoms with van der Waals surface area (Å²) in [4.78, 5) is 13.3. The maximum Gasteiger partial charge on any atom is 0.337 e. The minimum absolute atomic E-state index is 0.284. The second kappa shape index (κ2) is 6.13. The van der Waals surface area contributed by atoms with Gasteiger partial charge >= 0.3 is 5.97 Å². The first-order valence-corrected chi connectivity index (χ1v) is 5.97. The van der Waals surface area contributed by atoms with Crippen LogP contribution in [0.4, 0.5) is 11.4 Å². The summed E-state index contributed by atoms with van der Waals surface area (Å²) < 4.78 is 0. The summed E-state index contributed by atoms with van der Waals surface area (Å²) in [6.45, 7) is 5.89. The highest BCUT2D eigenvalue weighted by atomic mass is 16.4. The third kappa shape index (κ3) is 3.37. The first kappa shape index (κ1) is 13.4. The molecule has 0 radical (unpaired) electrons. The van der Waals surface area contributed by atoms with Crippen molar-refractivity contribution in [2.24, 2.45) is 0 Å². The van der Waals surface area contributed by atoms with Crippen molar-refractivity contribution in [3.05, 3.63) is 23.8 Å². The number of rotatable bonds is 6. The number of carboxylic acids is 1. The highest BCUT2D eigenvalue weighted by molar-refractivity contribution is 5.95. The van der Waals surface area contributed by atoms with Crippen LogP contribution in [0.5, 0.6) is 0 Å². The van der Waals surface area contributed by atoms with Crippen molar-refractivity contribution < 1.29 is 9.90 Å². The van der Waals surface area contributed by atoms with Crippen molar-refractivity contribution in [2.75, 3.05) is 23.7 Å². The molecular weight excluding hydrogens is 216 g/mol. The fourth-order valence-electron chi connectivity index (χ4n) is 1.89. The highest BCUT2D eigenvalue weighted by Crippen LogP contribution is 2.23. The number of hydrogen-bond acceptors (Lipinski definition) is 3. The van der Waals surface area contributed by atoms with Gasteiger partial charge in [0.15, 0.2) is 0 Å². The molecule has 3 N–H and O–H groups in total. The van der Waals surface area contributed by atoms with Gasteiger partial charge in [-0.15, -0.1) is 0 Å². The van der Waals surface area contributed by atoms with Gasteiger partial charge < -0.3 is 15.7 Å². The molecule has 0 aliphatic heterocycles. The minimum Gasteiger partial charge on any atom is -0.478 e. The molecule has 4 nitrogen and oxygen atoms in total. The Bertz CT molecular complexity index is 385. The lowest BCUT2D eigenvalue weighted by Gasteiger charge is -2.25. The normalized spacial score (nSPS) is 10.2. The maximum atomic E-state index is 11.2. The fraction of sp³-hybridized carbons (Fsp3) is 0.462. The van der Waals surface area contributed by atoms with Crippen LogP contribution in [-0.4, -0.2) is 24.2 Å². The Morgan fingerprint density at radius 1 is 1.29 bits per heavy atom. The molecule has 4 heteroatoms. The zero-order valence-corrected chi connectivity index (χ0v) is 10.4. The van der Waals surface area contributed by atoms with Gasteiger partial charge in [-0.25, -0.2) is 4.79 Å². The molecular formula is C13H20N2O2. The van der Waals surface area contributed by atoms with Gasteiger partial charge in [-0.05, 0) is 31.0 Å². The van der Waals surface area contributed by atoms with Gasteiger partial charge in [0, 0.05) is 18.8 Å². The summed E-state index contributed by atoms with van der Waals surface area (Å²) in [7, 11) is 0. The molecule has 0 heterocycles. The number of nitrogens with zero attached hydrogens (tertiary/aromatic N) is 1. The van der Waals surface area contributed by atoms with E-state index in [4.69, 9.17) is 5.73 Å². The van der Waals surface area contributed by atoms with Crippen LogP contribution < -0.4 is 10.6 Å². The van der Waals surface area contributed by atoms with Crippen molar-refractivity contribution in [3.63, 3.8) is 0 Å². The van der Waals surface area contributed by atoms with E-state index in [0.717, 1.165) is 31.6 Å². The quantitative estimate of drug-likeness (QED) is 0.745. The Morgan fingerprint density at radius 3 is 2.35 bits per heavy atom. The smallest absolute Gasteiger partial charge is 0.337 e. The molecule has 0 spiro atoms. The maximum absolute atomic E-state index is 11.2. The van der Waals surface area contributed by atoms with E-state index in [1.54, 1.807) is 12.1 Å². The van der Waals surface area contributed by atoms with Gasteiger partial charge in [0.2, 0.25) is 0 Å². The molecule has 0 atom stereocenters. The average Bonchev–Trinajstić information content (AvgIpc) is 2.28. The summed E-state index contributed by atoms with van der Waals surface area (Å²) in [5.41, 5.74) is 7.16. The standard InChI is InChI=1S/C13H20N2O2/c1-3-7-15(8-4-2)12-6-5-10(14)9-11(12)13(16)17/h5-6,9H,3-4,7-8,14H2,1-2H3,(H,16,17). The number of aromatic carboxylic acids is 1. The van der Waals surface area contributed by atoms with Gasteiger partial charge in [0.1, 0.15) is 0 Å². The van der Waals surface area contributed by atoms with E-state index in [-0.39, 0.29) is 5.56 Å². The van der Waals surface area contributed by atoms with Gasteiger partial charge in [0.05, 0.1) is 11.3 Å². The van der Waals surface area contributed by atoms with E-state index in [0.29, 0.717) is 5.69 Å². The second-order valence-electron chi connectivity index (χ2n) is 4.07. The van der Waals surface area contributed by atoms with E-state index >= 15 is 0 Å². The van der Waals surface area contributed by atoms with Crippen LogP contribution in [0.1, 0.15) is 37.0 Å². The van der Waals surface area contributed by atoms with Crippen LogP contribution in [0.2, 0.25) is 0 Å². The highest BCUT2D eigenvalue weighted by Gasteiger charge is 2.15. The summed E-state index contributed by atoms with van der Waals surface area (Å²) in [5.74, 6) is -0.926. The number of nitrogens with two attached hydrogens (primary N) is 1.